The molecule has 0 saturated carbocycles. The third-order valence-corrected chi connectivity index (χ3v) is 3.59. The van der Waals surface area contributed by atoms with Gasteiger partial charge in [-0.15, -0.1) is 0 Å². The number of anilines is 1. The molecule has 0 heterocycles. The number of hydrogen-bond acceptors (Lipinski definition) is 3. The Kier molecular flexibility index (Phi) is 6.39. The summed E-state index contributed by atoms with van der Waals surface area (Å²) in [4.78, 5) is -0.0666. The first kappa shape index (κ1) is 17.2. The summed E-state index contributed by atoms with van der Waals surface area (Å²) in [6.07, 6.45) is 0. The largest absolute Gasteiger partial charge is 0.385 e. The van der Waals surface area contributed by atoms with Crippen molar-refractivity contribution in [1.82, 2.24) is 0 Å². The Bertz CT molecular complexity index is 664. The van der Waals surface area contributed by atoms with Crippen molar-refractivity contribution in [3.8, 4) is 0 Å². The van der Waals surface area contributed by atoms with Crippen LogP contribution < -0.4 is 5.32 Å². The summed E-state index contributed by atoms with van der Waals surface area (Å²) >= 11 is 0. The molecule has 2 aromatic carbocycles. The minimum absolute atomic E-state index is 0.0666. The Balaban J connectivity index is 0.000000211. The van der Waals surface area contributed by atoms with Gasteiger partial charge in [-0.05, 0) is 50.6 Å². The van der Waals surface area contributed by atoms with Gasteiger partial charge in [0.05, 0.1) is 4.90 Å². The Morgan fingerprint density at radius 2 is 1.62 bits per heavy atom. The van der Waals surface area contributed by atoms with Gasteiger partial charge in [-0.3, -0.25) is 4.55 Å². The van der Waals surface area contributed by atoms with Gasteiger partial charge >= 0.3 is 0 Å². The molecule has 2 N–H and O–H groups in total. The summed E-state index contributed by atoms with van der Waals surface area (Å²) in [5, 5.41) is 3.25. The van der Waals surface area contributed by atoms with Crippen LogP contribution in [0.1, 0.15) is 18.1 Å². The average molecular weight is 307 g/mol. The molecule has 5 heteroatoms. The van der Waals surface area contributed by atoms with Crippen LogP contribution in [0.2, 0.25) is 0 Å². The molecule has 2 aromatic rings. The quantitative estimate of drug-likeness (QED) is 0.849. The monoisotopic (exact) mass is 307 g/mol. The fraction of sp³-hybridized carbons (Fsp3) is 0.250. The SMILES string of the molecule is CCNc1cccc(C)c1.Cc1ccc(S(=O)(=O)O)cc1. The van der Waals surface area contributed by atoms with Crippen molar-refractivity contribution >= 4 is 15.8 Å². The second-order valence-corrected chi connectivity index (χ2v) is 6.11. The van der Waals surface area contributed by atoms with Gasteiger partial charge in [0.15, 0.2) is 0 Å². The fourth-order valence-corrected chi connectivity index (χ4v) is 2.15. The lowest BCUT2D eigenvalue weighted by atomic mass is 10.2. The minimum Gasteiger partial charge on any atom is -0.385 e. The molecule has 0 aliphatic carbocycles. The van der Waals surface area contributed by atoms with E-state index < -0.39 is 10.1 Å². The van der Waals surface area contributed by atoms with Crippen molar-refractivity contribution in [1.29, 1.82) is 0 Å². The summed E-state index contributed by atoms with van der Waals surface area (Å²) in [5.41, 5.74) is 3.47. The second kappa shape index (κ2) is 7.81. The first-order valence-electron chi connectivity index (χ1n) is 6.67. The number of hydrogen-bond donors (Lipinski definition) is 2. The van der Waals surface area contributed by atoms with E-state index in [1.54, 1.807) is 12.1 Å². The average Bonchev–Trinajstić information content (AvgIpc) is 2.39. The molecule has 0 saturated heterocycles. The summed E-state index contributed by atoms with van der Waals surface area (Å²) < 4.78 is 29.6. The van der Waals surface area contributed by atoms with Gasteiger partial charge in [-0.1, -0.05) is 29.8 Å². The Morgan fingerprint density at radius 3 is 2.10 bits per heavy atom. The van der Waals surface area contributed by atoms with Gasteiger partial charge in [0.25, 0.3) is 10.1 Å². The standard InChI is InChI=1S/C9H13N.C7H8O3S/c1-3-10-9-6-4-5-8(2)7-9;1-6-2-4-7(5-3-6)11(8,9)10/h4-7,10H,3H2,1-2H3;2-5H,1H3,(H,8,9,10). The maximum absolute atomic E-state index is 10.5. The van der Waals surface area contributed by atoms with Crippen LogP contribution in [0.25, 0.3) is 0 Å². The summed E-state index contributed by atoms with van der Waals surface area (Å²) in [7, 11) is -4.02. The predicted molar refractivity (Wildman–Crippen MR) is 86.3 cm³/mol. The Morgan fingerprint density at radius 1 is 1.00 bits per heavy atom. The van der Waals surface area contributed by atoms with Gasteiger partial charge in [0, 0.05) is 12.2 Å². The third kappa shape index (κ3) is 6.42. The van der Waals surface area contributed by atoms with Crippen LogP contribution in [-0.4, -0.2) is 19.5 Å². The molecule has 0 radical (unpaired) electrons. The topological polar surface area (TPSA) is 66.4 Å². The van der Waals surface area contributed by atoms with Crippen molar-refractivity contribution in [3.63, 3.8) is 0 Å². The molecule has 4 nitrogen and oxygen atoms in total. The highest BCUT2D eigenvalue weighted by Crippen LogP contribution is 2.09. The molecule has 0 aliphatic rings. The highest BCUT2D eigenvalue weighted by molar-refractivity contribution is 7.85. The van der Waals surface area contributed by atoms with E-state index in [0.29, 0.717) is 0 Å². The lowest BCUT2D eigenvalue weighted by molar-refractivity contribution is 0.483. The number of nitrogens with one attached hydrogen (secondary N) is 1. The summed E-state index contributed by atoms with van der Waals surface area (Å²) in [6.45, 7) is 7.03. The van der Waals surface area contributed by atoms with Crippen LogP contribution in [0.3, 0.4) is 0 Å². The lowest BCUT2D eigenvalue weighted by Crippen LogP contribution is -1.96. The Hall–Kier alpha value is -1.85. The third-order valence-electron chi connectivity index (χ3n) is 2.72. The zero-order valence-electron chi connectivity index (χ0n) is 12.5. The predicted octanol–water partition coefficient (Wildman–Crippen LogP) is 3.67. The molecule has 114 valence electrons. The molecule has 0 aromatic heterocycles. The van der Waals surface area contributed by atoms with E-state index in [0.717, 1.165) is 12.1 Å². The molecule has 0 atom stereocenters. The second-order valence-electron chi connectivity index (χ2n) is 4.69. The normalized spacial score (nSPS) is 10.5. The molecular weight excluding hydrogens is 286 g/mol. The van der Waals surface area contributed by atoms with Crippen LogP contribution >= 0.6 is 0 Å². The van der Waals surface area contributed by atoms with Crippen molar-refractivity contribution in [2.45, 2.75) is 25.7 Å². The Labute approximate surface area is 126 Å². The molecule has 0 fully saturated rings. The van der Waals surface area contributed by atoms with Crippen LogP contribution in [0.5, 0.6) is 0 Å². The number of benzene rings is 2. The molecule has 0 spiro atoms. The van der Waals surface area contributed by atoms with Gasteiger partial charge in [-0.2, -0.15) is 8.42 Å². The highest BCUT2D eigenvalue weighted by atomic mass is 32.2. The van der Waals surface area contributed by atoms with Crippen LogP contribution in [0.15, 0.2) is 53.4 Å². The van der Waals surface area contributed by atoms with E-state index >= 15 is 0 Å². The zero-order valence-corrected chi connectivity index (χ0v) is 13.3. The van der Waals surface area contributed by atoms with Crippen molar-refractivity contribution in [2.75, 3.05) is 11.9 Å². The molecule has 21 heavy (non-hydrogen) atoms. The zero-order chi connectivity index (χ0) is 15.9. The molecule has 0 unspecified atom stereocenters. The number of rotatable bonds is 3. The van der Waals surface area contributed by atoms with E-state index in [4.69, 9.17) is 4.55 Å². The van der Waals surface area contributed by atoms with Crippen LogP contribution in [-0.2, 0) is 10.1 Å². The molecule has 0 aliphatic heterocycles. The maximum Gasteiger partial charge on any atom is 0.294 e. The summed E-state index contributed by atoms with van der Waals surface area (Å²) in [6, 6.07) is 14.4. The number of aryl methyl sites for hydroxylation is 2. The van der Waals surface area contributed by atoms with E-state index in [1.807, 2.05) is 6.92 Å². The van der Waals surface area contributed by atoms with Gasteiger partial charge < -0.3 is 5.32 Å². The fourth-order valence-electron chi connectivity index (χ4n) is 1.67. The summed E-state index contributed by atoms with van der Waals surface area (Å²) in [5.74, 6) is 0. The van der Waals surface area contributed by atoms with Gasteiger partial charge in [-0.25, -0.2) is 0 Å². The van der Waals surface area contributed by atoms with E-state index in [-0.39, 0.29) is 4.90 Å². The van der Waals surface area contributed by atoms with E-state index in [2.05, 4.69) is 43.4 Å². The van der Waals surface area contributed by atoms with Crippen LogP contribution in [0.4, 0.5) is 5.69 Å². The minimum atomic E-state index is -4.02. The molecule has 2 rings (SSSR count). The molecular formula is C16H21NO3S. The smallest absolute Gasteiger partial charge is 0.294 e. The van der Waals surface area contributed by atoms with Crippen molar-refractivity contribution in [2.24, 2.45) is 0 Å². The first-order valence-corrected chi connectivity index (χ1v) is 8.11. The molecule has 0 amide bonds. The van der Waals surface area contributed by atoms with Crippen molar-refractivity contribution < 1.29 is 13.0 Å². The molecule has 0 bridgehead atoms. The highest BCUT2D eigenvalue weighted by Gasteiger charge is 2.06. The lowest BCUT2D eigenvalue weighted by Gasteiger charge is -2.02. The van der Waals surface area contributed by atoms with Crippen LogP contribution in [0, 0.1) is 13.8 Å². The van der Waals surface area contributed by atoms with E-state index in [9.17, 15) is 8.42 Å². The van der Waals surface area contributed by atoms with Crippen molar-refractivity contribution in [3.05, 3.63) is 59.7 Å². The maximum atomic E-state index is 10.5. The van der Waals surface area contributed by atoms with Gasteiger partial charge in [0.1, 0.15) is 0 Å². The van der Waals surface area contributed by atoms with E-state index in [1.165, 1.54) is 23.4 Å². The first-order chi connectivity index (χ1) is 9.82. The van der Waals surface area contributed by atoms with Gasteiger partial charge in [0.2, 0.25) is 0 Å².